The second kappa shape index (κ2) is 5.87. The Hall–Kier alpha value is -1.55. The topological polar surface area (TPSA) is 55.6 Å². The lowest BCUT2D eigenvalue weighted by Gasteiger charge is -2.34. The van der Waals surface area contributed by atoms with Crippen LogP contribution in [0.3, 0.4) is 0 Å². The van der Waals surface area contributed by atoms with Crippen molar-refractivity contribution in [3.05, 3.63) is 29.8 Å². The molecular weight excluding hydrogens is 228 g/mol. The lowest BCUT2D eigenvalue weighted by atomic mass is 10.0. The highest BCUT2D eigenvalue weighted by molar-refractivity contribution is 5.97. The summed E-state index contributed by atoms with van der Waals surface area (Å²) in [5.74, 6) is 0.541. The van der Waals surface area contributed by atoms with Gasteiger partial charge in [-0.15, -0.1) is 0 Å². The van der Waals surface area contributed by atoms with E-state index in [1.54, 1.807) is 24.1 Å². The third kappa shape index (κ3) is 3.01. The van der Waals surface area contributed by atoms with Gasteiger partial charge in [0, 0.05) is 19.1 Å². The molecule has 0 heterocycles. The molecule has 4 nitrogen and oxygen atoms in total. The predicted molar refractivity (Wildman–Crippen MR) is 72.8 cm³/mol. The van der Waals surface area contributed by atoms with E-state index in [1.165, 1.54) is 0 Å². The molecule has 0 aliphatic heterocycles. The normalized spacial score (nSPS) is 11.2. The lowest BCUT2D eigenvalue weighted by molar-refractivity contribution is 0.0636. The quantitative estimate of drug-likeness (QED) is 0.868. The van der Waals surface area contributed by atoms with Gasteiger partial charge in [0.25, 0.3) is 5.91 Å². The zero-order valence-electron chi connectivity index (χ0n) is 11.6. The second-order valence-electron chi connectivity index (χ2n) is 4.81. The number of likely N-dealkylation sites (N-methyl/N-ethyl adjacent to an activating group) is 1. The molecule has 1 amide bonds. The molecule has 1 rings (SSSR count). The fourth-order valence-electron chi connectivity index (χ4n) is 1.52. The number of benzene rings is 1. The zero-order valence-corrected chi connectivity index (χ0v) is 11.6. The van der Waals surface area contributed by atoms with E-state index in [9.17, 15) is 4.79 Å². The summed E-state index contributed by atoms with van der Waals surface area (Å²) in [5.41, 5.74) is 5.89. The van der Waals surface area contributed by atoms with Crippen LogP contribution >= 0.6 is 0 Å². The van der Waals surface area contributed by atoms with Crippen molar-refractivity contribution in [1.29, 1.82) is 0 Å². The summed E-state index contributed by atoms with van der Waals surface area (Å²) in [4.78, 5) is 14.1. The van der Waals surface area contributed by atoms with Crippen LogP contribution in [-0.4, -0.2) is 36.5 Å². The number of nitrogens with two attached hydrogens (primary N) is 1. The summed E-state index contributed by atoms with van der Waals surface area (Å²) >= 11 is 0. The van der Waals surface area contributed by atoms with Crippen molar-refractivity contribution in [2.75, 3.05) is 20.2 Å². The Morgan fingerprint density at radius 3 is 2.56 bits per heavy atom. The zero-order chi connectivity index (χ0) is 13.8. The number of hydrogen-bond acceptors (Lipinski definition) is 3. The molecule has 1 aromatic carbocycles. The molecule has 0 atom stereocenters. The van der Waals surface area contributed by atoms with Crippen LogP contribution in [0.5, 0.6) is 5.75 Å². The third-order valence-electron chi connectivity index (χ3n) is 3.13. The Labute approximate surface area is 109 Å². The minimum absolute atomic E-state index is 0.0745. The maximum atomic E-state index is 12.4. The van der Waals surface area contributed by atoms with Gasteiger partial charge in [0.2, 0.25) is 0 Å². The number of carbonyl (C=O) groups excluding carboxylic acids is 1. The highest BCUT2D eigenvalue weighted by atomic mass is 16.5. The smallest absolute Gasteiger partial charge is 0.257 e. The van der Waals surface area contributed by atoms with Crippen LogP contribution in [0.1, 0.15) is 31.1 Å². The number of ether oxygens (including phenoxy) is 1. The van der Waals surface area contributed by atoms with Crippen molar-refractivity contribution < 1.29 is 9.53 Å². The molecule has 0 unspecified atom stereocenters. The largest absolute Gasteiger partial charge is 0.493 e. The molecule has 2 N–H and O–H groups in total. The van der Waals surface area contributed by atoms with Crippen molar-refractivity contribution in [2.24, 2.45) is 5.73 Å². The summed E-state index contributed by atoms with van der Waals surface area (Å²) < 4.78 is 5.48. The van der Waals surface area contributed by atoms with Crippen LogP contribution in [-0.2, 0) is 0 Å². The standard InChI is InChI=1S/C14H22N2O2/c1-5-18-12-9-7-6-8-11(12)13(17)16(4)14(2,3)10-15/h6-9H,5,10,15H2,1-4H3. The molecule has 4 heteroatoms. The van der Waals surface area contributed by atoms with Gasteiger partial charge in [0.05, 0.1) is 12.2 Å². The molecular formula is C14H22N2O2. The maximum absolute atomic E-state index is 12.4. The molecule has 0 bridgehead atoms. The van der Waals surface area contributed by atoms with Gasteiger partial charge in [-0.25, -0.2) is 0 Å². The van der Waals surface area contributed by atoms with Crippen molar-refractivity contribution in [1.82, 2.24) is 4.90 Å². The number of amides is 1. The highest BCUT2D eigenvalue weighted by Gasteiger charge is 2.28. The van der Waals surface area contributed by atoms with Crippen LogP contribution in [0.25, 0.3) is 0 Å². The number of hydrogen-bond donors (Lipinski definition) is 1. The second-order valence-corrected chi connectivity index (χ2v) is 4.81. The van der Waals surface area contributed by atoms with Gasteiger partial charge in [0.15, 0.2) is 0 Å². The van der Waals surface area contributed by atoms with E-state index in [0.29, 0.717) is 24.5 Å². The van der Waals surface area contributed by atoms with Crippen LogP contribution in [0.4, 0.5) is 0 Å². The fourth-order valence-corrected chi connectivity index (χ4v) is 1.52. The van der Waals surface area contributed by atoms with Crippen molar-refractivity contribution >= 4 is 5.91 Å². The SMILES string of the molecule is CCOc1ccccc1C(=O)N(C)C(C)(C)CN. The van der Waals surface area contributed by atoms with E-state index >= 15 is 0 Å². The Bertz CT molecular complexity index is 416. The molecule has 0 saturated heterocycles. The summed E-state index contributed by atoms with van der Waals surface area (Å²) in [7, 11) is 1.76. The fraction of sp³-hybridized carbons (Fsp3) is 0.500. The van der Waals surface area contributed by atoms with E-state index in [4.69, 9.17) is 10.5 Å². The first-order valence-corrected chi connectivity index (χ1v) is 6.14. The summed E-state index contributed by atoms with van der Waals surface area (Å²) in [6.45, 7) is 6.72. The Kier molecular flexibility index (Phi) is 4.73. The van der Waals surface area contributed by atoms with Crippen LogP contribution in [0, 0.1) is 0 Å². The molecule has 0 radical (unpaired) electrons. The molecule has 0 spiro atoms. The molecule has 0 aliphatic carbocycles. The van der Waals surface area contributed by atoms with E-state index in [1.807, 2.05) is 32.9 Å². The average molecular weight is 250 g/mol. The van der Waals surface area contributed by atoms with Gasteiger partial charge in [-0.05, 0) is 32.9 Å². The minimum Gasteiger partial charge on any atom is -0.493 e. The lowest BCUT2D eigenvalue weighted by Crippen LogP contribution is -2.50. The summed E-state index contributed by atoms with van der Waals surface area (Å²) in [5, 5.41) is 0. The van der Waals surface area contributed by atoms with Crippen LogP contribution in [0.2, 0.25) is 0 Å². The van der Waals surface area contributed by atoms with Gasteiger partial charge in [-0.2, -0.15) is 0 Å². The number of rotatable bonds is 5. The minimum atomic E-state index is -0.379. The molecule has 0 aromatic heterocycles. The Morgan fingerprint density at radius 1 is 1.39 bits per heavy atom. The number of carbonyl (C=O) groups is 1. The third-order valence-corrected chi connectivity index (χ3v) is 3.13. The monoisotopic (exact) mass is 250 g/mol. The van der Waals surface area contributed by atoms with Gasteiger partial charge >= 0.3 is 0 Å². The van der Waals surface area contributed by atoms with Gasteiger partial charge in [0.1, 0.15) is 5.75 Å². The van der Waals surface area contributed by atoms with Crippen molar-refractivity contribution in [3.63, 3.8) is 0 Å². The maximum Gasteiger partial charge on any atom is 0.257 e. The van der Waals surface area contributed by atoms with E-state index in [2.05, 4.69) is 0 Å². The molecule has 1 aromatic rings. The van der Waals surface area contributed by atoms with Crippen molar-refractivity contribution in [2.45, 2.75) is 26.3 Å². The summed E-state index contributed by atoms with van der Waals surface area (Å²) in [6.07, 6.45) is 0. The number of nitrogens with zero attached hydrogens (tertiary/aromatic N) is 1. The van der Waals surface area contributed by atoms with Crippen LogP contribution in [0.15, 0.2) is 24.3 Å². The van der Waals surface area contributed by atoms with Crippen molar-refractivity contribution in [3.8, 4) is 5.75 Å². The first kappa shape index (κ1) is 14.5. The highest BCUT2D eigenvalue weighted by Crippen LogP contribution is 2.22. The predicted octanol–water partition coefficient (Wildman–Crippen LogP) is 1.89. The van der Waals surface area contributed by atoms with E-state index < -0.39 is 0 Å². The summed E-state index contributed by atoms with van der Waals surface area (Å²) in [6, 6.07) is 7.27. The average Bonchev–Trinajstić information content (AvgIpc) is 2.38. The first-order valence-electron chi connectivity index (χ1n) is 6.14. The van der Waals surface area contributed by atoms with Gasteiger partial charge in [-0.1, -0.05) is 12.1 Å². The Balaban J connectivity index is 3.04. The van der Waals surface area contributed by atoms with Crippen LogP contribution < -0.4 is 10.5 Å². The molecule has 100 valence electrons. The van der Waals surface area contributed by atoms with Gasteiger partial charge < -0.3 is 15.4 Å². The molecule has 18 heavy (non-hydrogen) atoms. The Morgan fingerprint density at radius 2 is 2.00 bits per heavy atom. The molecule has 0 saturated carbocycles. The van der Waals surface area contributed by atoms with E-state index in [0.717, 1.165) is 0 Å². The number of para-hydroxylation sites is 1. The van der Waals surface area contributed by atoms with E-state index in [-0.39, 0.29) is 11.4 Å². The van der Waals surface area contributed by atoms with Gasteiger partial charge in [-0.3, -0.25) is 4.79 Å². The molecule has 0 fully saturated rings. The molecule has 0 aliphatic rings. The first-order chi connectivity index (χ1) is 8.44.